The molecule has 6 nitrogen and oxygen atoms in total. The van der Waals surface area contributed by atoms with Gasteiger partial charge in [-0.05, 0) is 82.2 Å². The number of fused-ring (bicyclic) bond motifs is 11. The Morgan fingerprint density at radius 1 is 0.356 bits per heavy atom. The number of nitrogens with zero attached hydrogens (tertiary/aromatic N) is 4. The van der Waals surface area contributed by atoms with Crippen molar-refractivity contribution in [3.63, 3.8) is 0 Å². The first-order valence-corrected chi connectivity index (χ1v) is 19.8. The third-order valence-corrected chi connectivity index (χ3v) is 11.8. The Balaban J connectivity index is 1.08. The van der Waals surface area contributed by atoms with Crippen LogP contribution in [0.25, 0.3) is 127 Å². The zero-order valence-electron chi connectivity index (χ0n) is 31.4. The molecule has 0 spiro atoms. The van der Waals surface area contributed by atoms with E-state index in [1.165, 1.54) is 21.5 Å². The number of furan rings is 2. The molecule has 4 heterocycles. The van der Waals surface area contributed by atoms with E-state index >= 15 is 0 Å². The summed E-state index contributed by atoms with van der Waals surface area (Å²) in [6.07, 6.45) is 0. The first-order chi connectivity index (χ1) is 29.2. The molecule has 0 aliphatic carbocycles. The lowest BCUT2D eigenvalue weighted by atomic mass is 10.0. The smallest absolute Gasteiger partial charge is 0.167 e. The van der Waals surface area contributed by atoms with E-state index in [4.69, 9.17) is 23.8 Å². The molecule has 0 radical (unpaired) electrons. The molecule has 0 aliphatic heterocycles. The van der Waals surface area contributed by atoms with E-state index in [2.05, 4.69) is 150 Å². The maximum Gasteiger partial charge on any atom is 0.167 e. The van der Waals surface area contributed by atoms with Crippen LogP contribution in [0.2, 0.25) is 0 Å². The van der Waals surface area contributed by atoms with E-state index < -0.39 is 0 Å². The highest BCUT2D eigenvalue weighted by Crippen LogP contribution is 2.43. The minimum atomic E-state index is 0.520. The van der Waals surface area contributed by atoms with Crippen molar-refractivity contribution in [2.45, 2.75) is 0 Å². The maximum atomic E-state index is 6.88. The van der Waals surface area contributed by atoms with Crippen LogP contribution in [0.5, 0.6) is 0 Å². The molecule has 0 saturated heterocycles. The van der Waals surface area contributed by atoms with E-state index in [1.54, 1.807) is 0 Å². The molecule has 13 rings (SSSR count). The van der Waals surface area contributed by atoms with Gasteiger partial charge in [-0.3, -0.25) is 0 Å². The van der Waals surface area contributed by atoms with Crippen LogP contribution < -0.4 is 0 Å². The molecule has 0 amide bonds. The quantitative estimate of drug-likeness (QED) is 0.179. The van der Waals surface area contributed by atoms with Gasteiger partial charge in [-0.25, -0.2) is 15.0 Å². The van der Waals surface area contributed by atoms with E-state index in [9.17, 15) is 0 Å². The van der Waals surface area contributed by atoms with Crippen LogP contribution in [-0.4, -0.2) is 19.5 Å². The van der Waals surface area contributed by atoms with Gasteiger partial charge < -0.3 is 13.4 Å². The van der Waals surface area contributed by atoms with Gasteiger partial charge in [-0.2, -0.15) is 0 Å². The summed E-state index contributed by atoms with van der Waals surface area (Å²) in [5.41, 5.74) is 8.91. The van der Waals surface area contributed by atoms with E-state index in [-0.39, 0.29) is 0 Å². The summed E-state index contributed by atoms with van der Waals surface area (Å²) in [5.74, 6) is 1.64. The molecule has 0 fully saturated rings. The molecule has 0 atom stereocenters. The molecule has 6 heteroatoms. The Morgan fingerprint density at radius 2 is 0.949 bits per heavy atom. The molecule has 0 aliphatic rings. The van der Waals surface area contributed by atoms with Gasteiger partial charge in [0.25, 0.3) is 0 Å². The van der Waals surface area contributed by atoms with Crippen molar-refractivity contribution in [3.8, 4) is 39.9 Å². The van der Waals surface area contributed by atoms with Crippen molar-refractivity contribution >= 4 is 87.2 Å². The van der Waals surface area contributed by atoms with Gasteiger partial charge in [0.1, 0.15) is 22.3 Å². The molecular weight excluding hydrogens is 725 g/mol. The number of benzene rings is 9. The van der Waals surface area contributed by atoms with Crippen LogP contribution in [0.1, 0.15) is 0 Å². The number of rotatable bonds is 4. The van der Waals surface area contributed by atoms with Gasteiger partial charge in [-0.15, -0.1) is 0 Å². The van der Waals surface area contributed by atoms with Gasteiger partial charge in [0.05, 0.1) is 27.7 Å². The second kappa shape index (κ2) is 12.2. The zero-order chi connectivity index (χ0) is 38.6. The van der Waals surface area contributed by atoms with Gasteiger partial charge in [-0.1, -0.05) is 121 Å². The Morgan fingerprint density at radius 3 is 1.76 bits per heavy atom. The van der Waals surface area contributed by atoms with Crippen molar-refractivity contribution < 1.29 is 8.83 Å². The summed E-state index contributed by atoms with van der Waals surface area (Å²) >= 11 is 0. The average molecular weight is 755 g/mol. The van der Waals surface area contributed by atoms with Crippen LogP contribution in [-0.2, 0) is 0 Å². The Bertz CT molecular complexity index is 3870. The summed E-state index contributed by atoms with van der Waals surface area (Å²) in [6.45, 7) is 0. The standard InChI is InChI=1S/C53H30N4O2/c1-2-12-32-27-35(22-21-31(32)11-1)51-54-52(36-23-24-39-38-16-6-9-19-46(38)58-48(39)30-36)56-53(55-51)41-25-26-44(49-40-17-7-10-20-47(40)59-50(41)49)57-43-18-8-5-15-37(43)42-28-33-13-3-4-14-34(33)29-45(42)57/h1-30H. The first-order valence-electron chi connectivity index (χ1n) is 19.8. The number of hydrogen-bond acceptors (Lipinski definition) is 5. The minimum absolute atomic E-state index is 0.520. The normalized spacial score (nSPS) is 12.1. The van der Waals surface area contributed by atoms with Crippen molar-refractivity contribution in [2.24, 2.45) is 0 Å². The van der Waals surface area contributed by atoms with E-state index in [0.29, 0.717) is 23.1 Å². The fraction of sp³-hybridized carbons (Fsp3) is 0. The molecule has 13 aromatic rings. The molecule has 4 aromatic heterocycles. The highest BCUT2D eigenvalue weighted by Gasteiger charge is 2.23. The lowest BCUT2D eigenvalue weighted by Gasteiger charge is -2.13. The van der Waals surface area contributed by atoms with Crippen molar-refractivity contribution in [1.29, 1.82) is 0 Å². The number of hydrogen-bond donors (Lipinski definition) is 0. The lowest BCUT2D eigenvalue weighted by Crippen LogP contribution is -2.01. The third-order valence-electron chi connectivity index (χ3n) is 11.8. The van der Waals surface area contributed by atoms with Gasteiger partial charge >= 0.3 is 0 Å². The Kier molecular flexibility index (Phi) is 6.63. The minimum Gasteiger partial charge on any atom is -0.456 e. The fourth-order valence-electron chi connectivity index (χ4n) is 9.04. The number of para-hydroxylation sites is 3. The van der Waals surface area contributed by atoms with Crippen LogP contribution >= 0.6 is 0 Å². The molecule has 0 saturated carbocycles. The maximum absolute atomic E-state index is 6.88. The highest BCUT2D eigenvalue weighted by atomic mass is 16.3. The van der Waals surface area contributed by atoms with Gasteiger partial charge in [0.2, 0.25) is 0 Å². The number of aromatic nitrogens is 4. The van der Waals surface area contributed by atoms with Crippen molar-refractivity contribution in [1.82, 2.24) is 19.5 Å². The predicted molar refractivity (Wildman–Crippen MR) is 240 cm³/mol. The van der Waals surface area contributed by atoms with Gasteiger partial charge in [0.15, 0.2) is 17.5 Å². The monoisotopic (exact) mass is 754 g/mol. The molecule has 0 bridgehead atoms. The summed E-state index contributed by atoms with van der Waals surface area (Å²) in [7, 11) is 0. The second-order valence-corrected chi connectivity index (χ2v) is 15.2. The molecule has 0 unspecified atom stereocenters. The molecule has 59 heavy (non-hydrogen) atoms. The molecule has 0 N–H and O–H groups in total. The van der Waals surface area contributed by atoms with Crippen LogP contribution in [0.4, 0.5) is 0 Å². The predicted octanol–water partition coefficient (Wildman–Crippen LogP) is 14.1. The van der Waals surface area contributed by atoms with Crippen LogP contribution in [0.15, 0.2) is 191 Å². The van der Waals surface area contributed by atoms with Crippen LogP contribution in [0.3, 0.4) is 0 Å². The Labute approximate surface area is 336 Å². The van der Waals surface area contributed by atoms with E-state index in [1.807, 2.05) is 36.4 Å². The highest BCUT2D eigenvalue weighted by molar-refractivity contribution is 6.18. The van der Waals surface area contributed by atoms with Gasteiger partial charge in [0, 0.05) is 38.1 Å². The second-order valence-electron chi connectivity index (χ2n) is 15.2. The largest absolute Gasteiger partial charge is 0.456 e. The summed E-state index contributed by atoms with van der Waals surface area (Å²) < 4.78 is 15.6. The summed E-state index contributed by atoms with van der Waals surface area (Å²) in [4.78, 5) is 15.6. The zero-order valence-corrected chi connectivity index (χ0v) is 31.4. The first kappa shape index (κ1) is 32.0. The molecule has 9 aromatic carbocycles. The SMILES string of the molecule is c1ccc2cc(-c3nc(-c4ccc5c(c4)oc4ccccc45)nc(-c4ccc(-n5c6ccccc6c6cc7ccccc7cc65)c5c4oc4ccccc45)n3)ccc2c1. The Hall–Kier alpha value is -8.09. The van der Waals surface area contributed by atoms with Crippen molar-refractivity contribution in [2.75, 3.05) is 0 Å². The van der Waals surface area contributed by atoms with Crippen LogP contribution in [0, 0.1) is 0 Å². The third kappa shape index (κ3) is 4.84. The average Bonchev–Trinajstić information content (AvgIpc) is 3.97. The fourth-order valence-corrected chi connectivity index (χ4v) is 9.04. The van der Waals surface area contributed by atoms with E-state index in [0.717, 1.165) is 82.5 Å². The summed E-state index contributed by atoms with van der Waals surface area (Å²) in [6, 6.07) is 63.4. The molecule has 274 valence electrons. The van der Waals surface area contributed by atoms with Crippen molar-refractivity contribution in [3.05, 3.63) is 182 Å². The topological polar surface area (TPSA) is 69.9 Å². The molecular formula is C53H30N4O2. The lowest BCUT2D eigenvalue weighted by molar-refractivity contribution is 0.668. The summed E-state index contributed by atoms with van der Waals surface area (Å²) in [5, 5.41) is 11.2.